The summed E-state index contributed by atoms with van der Waals surface area (Å²) in [5, 5.41) is 7.17. The van der Waals surface area contributed by atoms with Crippen LogP contribution in [0.4, 0.5) is 0 Å². The first kappa shape index (κ1) is 25.2. The summed E-state index contributed by atoms with van der Waals surface area (Å²) in [6, 6.07) is 11.8. The molecule has 5 nitrogen and oxygen atoms in total. The van der Waals surface area contributed by atoms with Crippen molar-refractivity contribution in [1.29, 1.82) is 0 Å². The molecule has 0 bridgehead atoms. The van der Waals surface area contributed by atoms with E-state index in [-0.39, 0.29) is 24.0 Å². The lowest BCUT2D eigenvalue weighted by atomic mass is 10.0. The third kappa shape index (κ3) is 9.09. The van der Waals surface area contributed by atoms with E-state index in [0.717, 1.165) is 45.0 Å². The van der Waals surface area contributed by atoms with Gasteiger partial charge in [0.15, 0.2) is 5.96 Å². The Morgan fingerprint density at radius 1 is 1.18 bits per heavy atom. The largest absolute Gasteiger partial charge is 0.355 e. The average Bonchev–Trinajstić information content (AvgIpc) is 2.65. The highest BCUT2D eigenvalue weighted by atomic mass is 127. The first-order valence-electron chi connectivity index (χ1n) is 10.4. The molecule has 0 saturated carbocycles. The van der Waals surface area contributed by atoms with E-state index in [2.05, 4.69) is 83.7 Å². The molecule has 1 fully saturated rings. The lowest BCUT2D eigenvalue weighted by Crippen LogP contribution is -2.51. The Bertz CT molecular complexity index is 553. The Kier molecular flexibility index (Phi) is 12.0. The zero-order valence-corrected chi connectivity index (χ0v) is 20.6. The summed E-state index contributed by atoms with van der Waals surface area (Å²) >= 11 is 0. The molecule has 0 radical (unpaired) electrons. The third-order valence-corrected chi connectivity index (χ3v) is 5.38. The van der Waals surface area contributed by atoms with Crippen molar-refractivity contribution >= 4 is 29.9 Å². The summed E-state index contributed by atoms with van der Waals surface area (Å²) in [5.74, 6) is 1.63. The second kappa shape index (κ2) is 13.4. The number of nitrogens with one attached hydrogen (secondary N) is 2. The molecule has 2 N–H and O–H groups in total. The molecule has 2 rings (SSSR count). The Morgan fingerprint density at radius 3 is 2.36 bits per heavy atom. The number of likely N-dealkylation sites (tertiary alicyclic amines) is 1. The van der Waals surface area contributed by atoms with Crippen LogP contribution >= 0.6 is 24.0 Å². The highest BCUT2D eigenvalue weighted by Gasteiger charge is 2.20. The van der Waals surface area contributed by atoms with E-state index in [1.807, 2.05) is 7.05 Å². The summed E-state index contributed by atoms with van der Waals surface area (Å²) in [4.78, 5) is 9.30. The minimum absolute atomic E-state index is 0. The number of halogens is 1. The van der Waals surface area contributed by atoms with Crippen molar-refractivity contribution in [3.8, 4) is 0 Å². The normalized spacial score (nSPS) is 17.5. The van der Waals surface area contributed by atoms with E-state index in [0.29, 0.717) is 18.0 Å². The second-order valence-electron chi connectivity index (χ2n) is 8.38. The molecule has 1 aromatic rings. The van der Waals surface area contributed by atoms with E-state index in [9.17, 15) is 0 Å². The van der Waals surface area contributed by atoms with E-state index < -0.39 is 0 Å². The number of hydrogen-bond donors (Lipinski definition) is 2. The van der Waals surface area contributed by atoms with Gasteiger partial charge in [0.1, 0.15) is 0 Å². The van der Waals surface area contributed by atoms with Crippen LogP contribution in [0.25, 0.3) is 0 Å². The van der Waals surface area contributed by atoms with Crippen molar-refractivity contribution in [2.45, 2.75) is 51.7 Å². The van der Waals surface area contributed by atoms with Gasteiger partial charge < -0.3 is 15.5 Å². The number of aliphatic imine (C=N–C) groups is 1. The molecule has 1 saturated heterocycles. The Labute approximate surface area is 189 Å². The van der Waals surface area contributed by atoms with Crippen molar-refractivity contribution in [1.82, 2.24) is 20.4 Å². The van der Waals surface area contributed by atoms with Gasteiger partial charge in [-0.05, 0) is 44.8 Å². The van der Waals surface area contributed by atoms with E-state index in [1.54, 1.807) is 0 Å². The second-order valence-corrected chi connectivity index (χ2v) is 8.38. The fraction of sp³-hybridized carbons (Fsp3) is 0.682. The van der Waals surface area contributed by atoms with E-state index in [1.165, 1.54) is 12.0 Å². The van der Waals surface area contributed by atoms with Crippen LogP contribution < -0.4 is 10.6 Å². The minimum atomic E-state index is 0. The maximum Gasteiger partial charge on any atom is 0.191 e. The lowest BCUT2D eigenvalue weighted by Gasteiger charge is -2.33. The molecular formula is C22H40IN5. The summed E-state index contributed by atoms with van der Waals surface area (Å²) in [6.45, 7) is 8.83. The van der Waals surface area contributed by atoms with E-state index >= 15 is 0 Å². The molecule has 1 atom stereocenters. The number of likely N-dealkylation sites (N-methyl/N-ethyl adjacent to an activating group) is 1. The molecule has 0 aromatic heterocycles. The van der Waals surface area contributed by atoms with Crippen LogP contribution in [0, 0.1) is 5.92 Å². The topological polar surface area (TPSA) is 42.9 Å². The third-order valence-electron chi connectivity index (χ3n) is 5.38. The fourth-order valence-electron chi connectivity index (χ4n) is 3.70. The van der Waals surface area contributed by atoms with Crippen LogP contribution in [0.1, 0.15) is 38.7 Å². The van der Waals surface area contributed by atoms with Gasteiger partial charge in [-0.15, -0.1) is 24.0 Å². The number of hydrogen-bond acceptors (Lipinski definition) is 3. The van der Waals surface area contributed by atoms with Gasteiger partial charge in [-0.2, -0.15) is 0 Å². The van der Waals surface area contributed by atoms with Gasteiger partial charge in [0, 0.05) is 45.3 Å². The molecular weight excluding hydrogens is 461 g/mol. The maximum absolute atomic E-state index is 4.44. The van der Waals surface area contributed by atoms with Crippen LogP contribution in [0.5, 0.6) is 0 Å². The van der Waals surface area contributed by atoms with Gasteiger partial charge in [-0.1, -0.05) is 44.2 Å². The molecule has 1 aliphatic heterocycles. The number of benzene rings is 1. The molecule has 1 heterocycles. The van der Waals surface area contributed by atoms with Crippen molar-refractivity contribution in [3.63, 3.8) is 0 Å². The molecule has 1 aromatic carbocycles. The molecule has 0 aliphatic carbocycles. The minimum Gasteiger partial charge on any atom is -0.355 e. The summed E-state index contributed by atoms with van der Waals surface area (Å²) < 4.78 is 0. The molecule has 0 spiro atoms. The van der Waals surface area contributed by atoms with Crippen molar-refractivity contribution in [2.24, 2.45) is 10.9 Å². The number of nitrogens with zero attached hydrogens (tertiary/aromatic N) is 3. The SMILES string of the molecule is CN=C(NCC(CC(C)C)N(C)C)NC1CCN(Cc2ccccc2)CC1.I. The summed E-state index contributed by atoms with van der Waals surface area (Å²) in [5.41, 5.74) is 1.40. The van der Waals surface area contributed by atoms with Crippen LogP contribution in [0.2, 0.25) is 0 Å². The molecule has 160 valence electrons. The molecule has 1 aliphatic rings. The number of guanidine groups is 1. The number of rotatable bonds is 8. The Morgan fingerprint density at radius 2 is 1.82 bits per heavy atom. The van der Waals surface area contributed by atoms with Crippen LogP contribution in [-0.4, -0.2) is 68.6 Å². The predicted octanol–water partition coefficient (Wildman–Crippen LogP) is 3.41. The molecule has 0 amide bonds. The fourth-order valence-corrected chi connectivity index (χ4v) is 3.70. The zero-order valence-electron chi connectivity index (χ0n) is 18.3. The monoisotopic (exact) mass is 501 g/mol. The summed E-state index contributed by atoms with van der Waals surface area (Å²) in [6.07, 6.45) is 3.52. The quantitative estimate of drug-likeness (QED) is 0.326. The smallest absolute Gasteiger partial charge is 0.191 e. The van der Waals surface area contributed by atoms with Crippen LogP contribution in [0.15, 0.2) is 35.3 Å². The highest BCUT2D eigenvalue weighted by molar-refractivity contribution is 14.0. The highest BCUT2D eigenvalue weighted by Crippen LogP contribution is 2.14. The predicted molar refractivity (Wildman–Crippen MR) is 132 cm³/mol. The van der Waals surface area contributed by atoms with Gasteiger partial charge in [-0.3, -0.25) is 9.89 Å². The Balaban J connectivity index is 0.00000392. The van der Waals surface area contributed by atoms with Crippen molar-refractivity contribution in [2.75, 3.05) is 40.8 Å². The van der Waals surface area contributed by atoms with Crippen molar-refractivity contribution in [3.05, 3.63) is 35.9 Å². The summed E-state index contributed by atoms with van der Waals surface area (Å²) in [7, 11) is 6.19. The zero-order chi connectivity index (χ0) is 19.6. The van der Waals surface area contributed by atoms with Gasteiger partial charge in [0.2, 0.25) is 0 Å². The average molecular weight is 502 g/mol. The van der Waals surface area contributed by atoms with E-state index in [4.69, 9.17) is 0 Å². The first-order valence-corrected chi connectivity index (χ1v) is 10.4. The van der Waals surface area contributed by atoms with Gasteiger partial charge in [0.05, 0.1) is 0 Å². The van der Waals surface area contributed by atoms with Crippen LogP contribution in [0.3, 0.4) is 0 Å². The lowest BCUT2D eigenvalue weighted by molar-refractivity contribution is 0.198. The van der Waals surface area contributed by atoms with Crippen LogP contribution in [-0.2, 0) is 6.54 Å². The van der Waals surface area contributed by atoms with Crippen molar-refractivity contribution < 1.29 is 0 Å². The standard InChI is InChI=1S/C22H39N5.HI/c1-18(2)15-21(26(4)5)16-24-22(23-3)25-20-11-13-27(14-12-20)17-19-9-7-6-8-10-19;/h6-10,18,20-21H,11-17H2,1-5H3,(H2,23,24,25);1H. The first-order chi connectivity index (χ1) is 13.0. The van der Waals surface area contributed by atoms with Gasteiger partial charge in [-0.25, -0.2) is 0 Å². The molecule has 6 heteroatoms. The number of piperidine rings is 1. The van der Waals surface area contributed by atoms with Gasteiger partial charge >= 0.3 is 0 Å². The molecule has 1 unspecified atom stereocenters. The molecule has 28 heavy (non-hydrogen) atoms. The van der Waals surface area contributed by atoms with Gasteiger partial charge in [0.25, 0.3) is 0 Å². The Hall–Kier alpha value is -0.860. The maximum atomic E-state index is 4.44.